The molecule has 2 rings (SSSR count). The van der Waals surface area contributed by atoms with E-state index in [9.17, 15) is 4.79 Å². The van der Waals surface area contributed by atoms with Gasteiger partial charge < -0.3 is 4.74 Å². The lowest BCUT2D eigenvalue weighted by Crippen LogP contribution is -2.11. The molecule has 0 N–H and O–H groups in total. The number of hydrogen-bond donors (Lipinski definition) is 0. The van der Waals surface area contributed by atoms with Crippen LogP contribution in [0.2, 0.25) is 0 Å². The molecule has 0 saturated heterocycles. The van der Waals surface area contributed by atoms with E-state index in [-0.39, 0.29) is 11.4 Å². The van der Waals surface area contributed by atoms with Crippen LogP contribution in [0, 0.1) is 0 Å². The van der Waals surface area contributed by atoms with Crippen molar-refractivity contribution >= 4 is 12.0 Å². The molecular formula is C16H20O2. The van der Waals surface area contributed by atoms with Crippen LogP contribution in [0.5, 0.6) is 0 Å². The third kappa shape index (κ3) is 2.47. The molecule has 2 heteroatoms. The first-order valence-electron chi connectivity index (χ1n) is 6.43. The first kappa shape index (κ1) is 12.9. The van der Waals surface area contributed by atoms with Crippen LogP contribution in [0.3, 0.4) is 0 Å². The fourth-order valence-electron chi connectivity index (χ4n) is 2.16. The van der Waals surface area contributed by atoms with Crippen molar-refractivity contribution < 1.29 is 9.53 Å². The maximum atomic E-state index is 11.7. The molecule has 0 unspecified atom stereocenters. The highest BCUT2D eigenvalue weighted by atomic mass is 16.5. The minimum atomic E-state index is -0.189. The summed E-state index contributed by atoms with van der Waals surface area (Å²) in [7, 11) is 0. The predicted molar refractivity (Wildman–Crippen MR) is 73.5 cm³/mol. The van der Waals surface area contributed by atoms with Crippen molar-refractivity contribution in [3.63, 3.8) is 0 Å². The van der Waals surface area contributed by atoms with Crippen LogP contribution in [0.4, 0.5) is 0 Å². The molecule has 1 aromatic carbocycles. The standard InChI is InChI=1S/C16H20O2/c1-5-18-15(17)13-8-11-6-7-14(16(2,3)4)10-12(11)9-13/h6-7,9-10H,5,8H2,1-4H3. The lowest BCUT2D eigenvalue weighted by molar-refractivity contribution is -0.138. The third-order valence-corrected chi connectivity index (χ3v) is 3.26. The quantitative estimate of drug-likeness (QED) is 0.744. The summed E-state index contributed by atoms with van der Waals surface area (Å²) in [5, 5.41) is 0. The van der Waals surface area contributed by atoms with Crippen LogP contribution in [0.15, 0.2) is 23.8 Å². The Morgan fingerprint density at radius 2 is 2.06 bits per heavy atom. The van der Waals surface area contributed by atoms with E-state index in [0.717, 1.165) is 11.1 Å². The Hall–Kier alpha value is -1.57. The molecule has 0 bridgehead atoms. The molecule has 0 fully saturated rings. The van der Waals surface area contributed by atoms with Crippen molar-refractivity contribution in [1.29, 1.82) is 0 Å². The molecule has 2 nitrogen and oxygen atoms in total. The molecule has 18 heavy (non-hydrogen) atoms. The Bertz CT molecular complexity index is 504. The number of esters is 1. The zero-order chi connectivity index (χ0) is 13.3. The van der Waals surface area contributed by atoms with Gasteiger partial charge in [-0.2, -0.15) is 0 Å². The number of rotatable bonds is 2. The molecule has 0 aliphatic heterocycles. The van der Waals surface area contributed by atoms with E-state index in [4.69, 9.17) is 4.74 Å². The van der Waals surface area contributed by atoms with Crippen molar-refractivity contribution in [2.24, 2.45) is 0 Å². The monoisotopic (exact) mass is 244 g/mol. The average molecular weight is 244 g/mol. The number of carbonyl (C=O) groups is 1. The normalized spacial score (nSPS) is 14.1. The van der Waals surface area contributed by atoms with Crippen LogP contribution < -0.4 is 0 Å². The van der Waals surface area contributed by atoms with Crippen LogP contribution in [-0.2, 0) is 21.4 Å². The molecule has 0 spiro atoms. The molecule has 1 aromatic rings. The molecular weight excluding hydrogens is 224 g/mol. The topological polar surface area (TPSA) is 26.3 Å². The van der Waals surface area contributed by atoms with E-state index in [1.165, 1.54) is 11.1 Å². The second-order valence-electron chi connectivity index (χ2n) is 5.73. The van der Waals surface area contributed by atoms with Crippen LogP contribution in [0.25, 0.3) is 6.08 Å². The van der Waals surface area contributed by atoms with Crippen LogP contribution in [-0.4, -0.2) is 12.6 Å². The lowest BCUT2D eigenvalue weighted by atomic mass is 9.85. The smallest absolute Gasteiger partial charge is 0.334 e. The number of hydrogen-bond acceptors (Lipinski definition) is 2. The summed E-state index contributed by atoms with van der Waals surface area (Å²) in [6.07, 6.45) is 2.65. The van der Waals surface area contributed by atoms with Gasteiger partial charge in [-0.3, -0.25) is 0 Å². The van der Waals surface area contributed by atoms with Gasteiger partial charge in [0.1, 0.15) is 0 Å². The highest BCUT2D eigenvalue weighted by molar-refractivity contribution is 5.96. The van der Waals surface area contributed by atoms with Crippen molar-refractivity contribution in [2.45, 2.75) is 39.5 Å². The van der Waals surface area contributed by atoms with Gasteiger partial charge in [0, 0.05) is 12.0 Å². The maximum absolute atomic E-state index is 11.7. The summed E-state index contributed by atoms with van der Waals surface area (Å²) in [6.45, 7) is 8.84. The van der Waals surface area contributed by atoms with E-state index in [2.05, 4.69) is 39.0 Å². The second-order valence-corrected chi connectivity index (χ2v) is 5.73. The number of ether oxygens (including phenoxy) is 1. The largest absolute Gasteiger partial charge is 0.463 e. The van der Waals surface area contributed by atoms with Gasteiger partial charge in [0.2, 0.25) is 0 Å². The van der Waals surface area contributed by atoms with Crippen LogP contribution >= 0.6 is 0 Å². The van der Waals surface area contributed by atoms with Crippen LogP contribution in [0.1, 0.15) is 44.4 Å². The Labute approximate surface area is 109 Å². The maximum Gasteiger partial charge on any atom is 0.334 e. The minimum absolute atomic E-state index is 0.134. The fraction of sp³-hybridized carbons (Fsp3) is 0.438. The van der Waals surface area contributed by atoms with E-state index in [1.807, 2.05) is 13.0 Å². The van der Waals surface area contributed by atoms with Gasteiger partial charge >= 0.3 is 5.97 Å². The molecule has 0 amide bonds. The summed E-state index contributed by atoms with van der Waals surface area (Å²) in [4.78, 5) is 11.7. The van der Waals surface area contributed by atoms with Gasteiger partial charge in [-0.05, 0) is 35.1 Å². The zero-order valence-electron chi connectivity index (χ0n) is 11.5. The Kier molecular flexibility index (Phi) is 3.29. The summed E-state index contributed by atoms with van der Waals surface area (Å²) in [5.41, 5.74) is 4.56. The highest BCUT2D eigenvalue weighted by Gasteiger charge is 2.21. The Morgan fingerprint density at radius 1 is 1.33 bits per heavy atom. The van der Waals surface area contributed by atoms with Gasteiger partial charge in [0.15, 0.2) is 0 Å². The molecule has 1 aliphatic rings. The summed E-state index contributed by atoms with van der Waals surface area (Å²) >= 11 is 0. The first-order valence-corrected chi connectivity index (χ1v) is 6.43. The number of carbonyl (C=O) groups excluding carboxylic acids is 1. The number of fused-ring (bicyclic) bond motifs is 1. The Balaban J connectivity index is 2.28. The number of benzene rings is 1. The molecule has 96 valence electrons. The lowest BCUT2D eigenvalue weighted by Gasteiger charge is -2.19. The zero-order valence-corrected chi connectivity index (χ0v) is 11.5. The average Bonchev–Trinajstić information content (AvgIpc) is 2.70. The second kappa shape index (κ2) is 4.60. The van der Waals surface area contributed by atoms with Crippen molar-refractivity contribution in [3.05, 3.63) is 40.5 Å². The van der Waals surface area contributed by atoms with Gasteiger partial charge in [0.05, 0.1) is 6.61 Å². The molecule has 0 heterocycles. The molecule has 0 saturated carbocycles. The predicted octanol–water partition coefficient (Wildman–Crippen LogP) is 3.49. The van der Waals surface area contributed by atoms with E-state index in [1.54, 1.807) is 0 Å². The molecule has 0 radical (unpaired) electrons. The first-order chi connectivity index (χ1) is 8.41. The highest BCUT2D eigenvalue weighted by Crippen LogP contribution is 2.30. The van der Waals surface area contributed by atoms with Crippen molar-refractivity contribution in [1.82, 2.24) is 0 Å². The third-order valence-electron chi connectivity index (χ3n) is 3.26. The van der Waals surface area contributed by atoms with E-state index < -0.39 is 0 Å². The summed E-state index contributed by atoms with van der Waals surface area (Å²) < 4.78 is 5.05. The van der Waals surface area contributed by atoms with E-state index >= 15 is 0 Å². The minimum Gasteiger partial charge on any atom is -0.463 e. The SMILES string of the molecule is CCOC(=O)C1=Cc2cc(C(C)(C)C)ccc2C1. The summed E-state index contributed by atoms with van der Waals surface area (Å²) in [6, 6.07) is 6.46. The van der Waals surface area contributed by atoms with Gasteiger partial charge in [-0.25, -0.2) is 4.79 Å². The molecule has 0 atom stereocenters. The van der Waals surface area contributed by atoms with Crippen molar-refractivity contribution in [2.75, 3.05) is 6.61 Å². The van der Waals surface area contributed by atoms with Gasteiger partial charge in [-0.1, -0.05) is 39.0 Å². The van der Waals surface area contributed by atoms with E-state index in [0.29, 0.717) is 13.0 Å². The summed E-state index contributed by atoms with van der Waals surface area (Å²) in [5.74, 6) is -0.189. The fourth-order valence-corrected chi connectivity index (χ4v) is 2.16. The Morgan fingerprint density at radius 3 is 2.67 bits per heavy atom. The van der Waals surface area contributed by atoms with Crippen molar-refractivity contribution in [3.8, 4) is 0 Å². The van der Waals surface area contributed by atoms with Gasteiger partial charge in [0.25, 0.3) is 0 Å². The van der Waals surface area contributed by atoms with Gasteiger partial charge in [-0.15, -0.1) is 0 Å². The molecule has 0 aromatic heterocycles. The molecule has 1 aliphatic carbocycles.